The smallest absolute Gasteiger partial charge is 0.224 e. The molecule has 25 heavy (non-hydrogen) atoms. The first kappa shape index (κ1) is 17.5. The topological polar surface area (TPSA) is 38.3 Å². The predicted molar refractivity (Wildman–Crippen MR) is 97.4 cm³/mol. The number of nitrogens with one attached hydrogen (secondary N) is 1. The highest BCUT2D eigenvalue weighted by molar-refractivity contribution is 5.91. The van der Waals surface area contributed by atoms with Gasteiger partial charge >= 0.3 is 0 Å². The van der Waals surface area contributed by atoms with Gasteiger partial charge in [0, 0.05) is 6.42 Å². The number of hydrogen-bond acceptors (Lipinski definition) is 2. The Balaban J connectivity index is 1.54. The summed E-state index contributed by atoms with van der Waals surface area (Å²) in [6.07, 6.45) is 5.94. The van der Waals surface area contributed by atoms with Gasteiger partial charge in [-0.15, -0.1) is 0 Å². The summed E-state index contributed by atoms with van der Waals surface area (Å²) in [6.45, 7) is 1.87. The Hall–Kier alpha value is -2.36. The lowest BCUT2D eigenvalue weighted by Gasteiger charge is -2.14. The maximum atomic E-state index is 13.7. The van der Waals surface area contributed by atoms with Crippen LogP contribution in [0.25, 0.3) is 0 Å². The third-order valence-electron chi connectivity index (χ3n) is 4.54. The Bertz CT molecular complexity index is 738. The van der Waals surface area contributed by atoms with E-state index >= 15 is 0 Å². The van der Waals surface area contributed by atoms with Crippen LogP contribution in [0.5, 0.6) is 5.75 Å². The second kappa shape index (κ2) is 8.15. The Morgan fingerprint density at radius 1 is 1.20 bits per heavy atom. The average Bonchev–Trinajstić information content (AvgIpc) is 3.10. The quantitative estimate of drug-likeness (QED) is 0.800. The fraction of sp³-hybridized carbons (Fsp3) is 0.381. The zero-order valence-electron chi connectivity index (χ0n) is 14.6. The van der Waals surface area contributed by atoms with Gasteiger partial charge in [-0.3, -0.25) is 4.79 Å². The first-order valence-electron chi connectivity index (χ1n) is 8.92. The second-order valence-corrected chi connectivity index (χ2v) is 6.70. The third kappa shape index (κ3) is 5.05. The lowest BCUT2D eigenvalue weighted by molar-refractivity contribution is -0.116. The minimum absolute atomic E-state index is 0.188. The molecule has 1 fully saturated rings. The molecule has 1 saturated carbocycles. The molecule has 0 spiro atoms. The van der Waals surface area contributed by atoms with Crippen LogP contribution >= 0.6 is 0 Å². The molecule has 0 atom stereocenters. The van der Waals surface area contributed by atoms with Crippen molar-refractivity contribution in [3.05, 3.63) is 59.4 Å². The first-order valence-corrected chi connectivity index (χ1v) is 8.92. The molecule has 1 N–H and O–H groups in total. The molecule has 0 saturated heterocycles. The maximum absolute atomic E-state index is 13.7. The van der Waals surface area contributed by atoms with Gasteiger partial charge in [0.25, 0.3) is 0 Å². The highest BCUT2D eigenvalue weighted by Crippen LogP contribution is 2.25. The van der Waals surface area contributed by atoms with Crippen LogP contribution in [0.1, 0.15) is 43.2 Å². The van der Waals surface area contributed by atoms with Gasteiger partial charge in [0.2, 0.25) is 5.91 Å². The van der Waals surface area contributed by atoms with Crippen LogP contribution in [0.3, 0.4) is 0 Å². The minimum atomic E-state index is -0.411. The molecule has 1 aliphatic rings. The highest BCUT2D eigenvalue weighted by Gasteiger charge is 2.16. The SMILES string of the molecule is Cc1ccc(F)c(NC(=O)CCc2cccc(OC3CCCC3)c2)c1. The summed E-state index contributed by atoms with van der Waals surface area (Å²) in [6, 6.07) is 12.6. The molecule has 0 heterocycles. The van der Waals surface area contributed by atoms with Crippen molar-refractivity contribution in [3.8, 4) is 5.75 Å². The zero-order chi connectivity index (χ0) is 17.6. The summed E-state index contributed by atoms with van der Waals surface area (Å²) in [5.74, 6) is 0.270. The summed E-state index contributed by atoms with van der Waals surface area (Å²) in [4.78, 5) is 12.1. The van der Waals surface area contributed by atoms with Crippen molar-refractivity contribution in [2.24, 2.45) is 0 Å². The molecule has 0 aromatic heterocycles. The lowest BCUT2D eigenvalue weighted by atomic mass is 10.1. The van der Waals surface area contributed by atoms with Gasteiger partial charge < -0.3 is 10.1 Å². The Morgan fingerprint density at radius 3 is 2.80 bits per heavy atom. The van der Waals surface area contributed by atoms with E-state index in [0.29, 0.717) is 18.9 Å². The van der Waals surface area contributed by atoms with Gasteiger partial charge in [-0.2, -0.15) is 0 Å². The van der Waals surface area contributed by atoms with E-state index in [1.807, 2.05) is 31.2 Å². The zero-order valence-corrected chi connectivity index (χ0v) is 14.6. The number of rotatable bonds is 6. The standard InChI is InChI=1S/C21H24FNO2/c1-15-9-11-19(22)20(13-15)23-21(24)12-10-16-5-4-8-18(14-16)25-17-6-2-3-7-17/h4-5,8-9,11,13-14,17H,2-3,6-7,10,12H2,1H3,(H,23,24). The fourth-order valence-corrected chi connectivity index (χ4v) is 3.18. The molecule has 2 aromatic rings. The van der Waals surface area contributed by atoms with Crippen molar-refractivity contribution < 1.29 is 13.9 Å². The number of ether oxygens (including phenoxy) is 1. The van der Waals surface area contributed by atoms with Gasteiger partial charge in [-0.25, -0.2) is 4.39 Å². The Labute approximate surface area is 148 Å². The van der Waals surface area contributed by atoms with Gasteiger partial charge in [0.1, 0.15) is 11.6 Å². The van der Waals surface area contributed by atoms with E-state index in [0.717, 1.165) is 29.7 Å². The monoisotopic (exact) mass is 341 g/mol. The van der Waals surface area contributed by atoms with Crippen LogP contribution in [0.15, 0.2) is 42.5 Å². The summed E-state index contributed by atoms with van der Waals surface area (Å²) in [5.41, 5.74) is 2.20. The molecule has 4 heteroatoms. The van der Waals surface area contributed by atoms with Crippen LogP contribution in [0, 0.1) is 12.7 Å². The largest absolute Gasteiger partial charge is 0.490 e. The van der Waals surface area contributed by atoms with Gasteiger partial charge in [0.15, 0.2) is 0 Å². The van der Waals surface area contributed by atoms with Crippen molar-refractivity contribution in [2.45, 2.75) is 51.6 Å². The summed E-state index contributed by atoms with van der Waals surface area (Å²) >= 11 is 0. The third-order valence-corrected chi connectivity index (χ3v) is 4.54. The van der Waals surface area contributed by atoms with Gasteiger partial charge in [0.05, 0.1) is 11.8 Å². The van der Waals surface area contributed by atoms with Gasteiger partial charge in [-0.1, -0.05) is 18.2 Å². The highest BCUT2D eigenvalue weighted by atomic mass is 19.1. The minimum Gasteiger partial charge on any atom is -0.490 e. The molecule has 0 bridgehead atoms. The van der Waals surface area contributed by atoms with Crippen LogP contribution in [0.4, 0.5) is 10.1 Å². The summed E-state index contributed by atoms with van der Waals surface area (Å²) in [7, 11) is 0. The number of hydrogen-bond donors (Lipinski definition) is 1. The van der Waals surface area contributed by atoms with Crippen molar-refractivity contribution in [3.63, 3.8) is 0 Å². The second-order valence-electron chi connectivity index (χ2n) is 6.70. The molecule has 0 unspecified atom stereocenters. The maximum Gasteiger partial charge on any atom is 0.224 e. The summed E-state index contributed by atoms with van der Waals surface area (Å²) < 4.78 is 19.7. The molecule has 2 aromatic carbocycles. The number of anilines is 1. The van der Waals surface area contributed by atoms with Crippen LogP contribution in [-0.2, 0) is 11.2 Å². The Morgan fingerprint density at radius 2 is 2.00 bits per heavy atom. The Kier molecular flexibility index (Phi) is 5.69. The number of halogens is 1. The lowest BCUT2D eigenvalue weighted by Crippen LogP contribution is -2.14. The van der Waals surface area contributed by atoms with E-state index in [4.69, 9.17) is 4.74 Å². The number of amides is 1. The number of carbonyl (C=O) groups is 1. The van der Waals surface area contributed by atoms with Gasteiger partial charge in [-0.05, 0) is 74.4 Å². The van der Waals surface area contributed by atoms with Crippen LogP contribution in [0.2, 0.25) is 0 Å². The van der Waals surface area contributed by atoms with E-state index in [-0.39, 0.29) is 11.6 Å². The van der Waals surface area contributed by atoms with E-state index in [1.165, 1.54) is 18.9 Å². The number of benzene rings is 2. The summed E-state index contributed by atoms with van der Waals surface area (Å²) in [5, 5.41) is 2.65. The molecular formula is C21H24FNO2. The van der Waals surface area contributed by atoms with E-state index < -0.39 is 5.82 Å². The van der Waals surface area contributed by atoms with Crippen LogP contribution < -0.4 is 10.1 Å². The molecule has 132 valence electrons. The average molecular weight is 341 g/mol. The van der Waals surface area contributed by atoms with E-state index in [2.05, 4.69) is 5.32 Å². The van der Waals surface area contributed by atoms with Crippen LogP contribution in [-0.4, -0.2) is 12.0 Å². The molecular weight excluding hydrogens is 317 g/mol. The normalized spacial score (nSPS) is 14.5. The first-order chi connectivity index (χ1) is 12.1. The number of aryl methyl sites for hydroxylation is 2. The van der Waals surface area contributed by atoms with Crippen molar-refractivity contribution >= 4 is 11.6 Å². The molecule has 1 aliphatic carbocycles. The van der Waals surface area contributed by atoms with E-state index in [9.17, 15) is 9.18 Å². The molecule has 0 radical (unpaired) electrons. The molecule has 3 nitrogen and oxygen atoms in total. The van der Waals surface area contributed by atoms with E-state index in [1.54, 1.807) is 12.1 Å². The number of carbonyl (C=O) groups excluding carboxylic acids is 1. The predicted octanol–water partition coefficient (Wildman–Crippen LogP) is 5.03. The molecule has 3 rings (SSSR count). The molecule has 0 aliphatic heterocycles. The molecule has 1 amide bonds. The van der Waals surface area contributed by atoms with Crippen molar-refractivity contribution in [1.29, 1.82) is 0 Å². The fourth-order valence-electron chi connectivity index (χ4n) is 3.18. The van der Waals surface area contributed by atoms with Crippen molar-refractivity contribution in [1.82, 2.24) is 0 Å². The van der Waals surface area contributed by atoms with Crippen molar-refractivity contribution in [2.75, 3.05) is 5.32 Å².